The predicted octanol–water partition coefficient (Wildman–Crippen LogP) is 2.09. The zero-order valence-corrected chi connectivity index (χ0v) is 9.48. The fourth-order valence-corrected chi connectivity index (χ4v) is 1.50. The van der Waals surface area contributed by atoms with Crippen LogP contribution in [0.2, 0.25) is 0 Å². The first kappa shape index (κ1) is 9.98. The third-order valence-electron chi connectivity index (χ3n) is 1.77. The first-order chi connectivity index (χ1) is 5.77. The van der Waals surface area contributed by atoms with Gasteiger partial charge in [0.25, 0.3) is 0 Å². The van der Waals surface area contributed by atoms with Crippen LogP contribution in [-0.4, -0.2) is 23.5 Å². The zero-order valence-electron chi connectivity index (χ0n) is 7.33. The van der Waals surface area contributed by atoms with Crippen molar-refractivity contribution in [3.05, 3.63) is 16.0 Å². The van der Waals surface area contributed by atoms with Crippen molar-refractivity contribution in [1.82, 2.24) is 9.78 Å². The Morgan fingerprint density at radius 2 is 2.50 bits per heavy atom. The van der Waals surface area contributed by atoms with Gasteiger partial charge in [0.15, 0.2) is 0 Å². The van der Waals surface area contributed by atoms with Crippen molar-refractivity contribution in [2.45, 2.75) is 19.4 Å². The molecule has 0 aliphatic heterocycles. The number of rotatable bonds is 4. The number of methoxy groups -OCH3 is 1. The van der Waals surface area contributed by atoms with Gasteiger partial charge in [0.1, 0.15) is 0 Å². The molecule has 3 nitrogen and oxygen atoms in total. The lowest BCUT2D eigenvalue weighted by Crippen LogP contribution is -2.14. The third-order valence-corrected chi connectivity index (χ3v) is 2.33. The Morgan fingerprint density at radius 1 is 1.75 bits per heavy atom. The summed E-state index contributed by atoms with van der Waals surface area (Å²) in [6.45, 7) is 2.87. The standard InChI is InChI=1S/C8H13IN2O/c1-3-8(6-12-2)11-5-7(9)4-10-11/h4-5,8H,3,6H2,1-2H3. The molecule has 1 aromatic rings. The number of hydrogen-bond donors (Lipinski definition) is 0. The van der Waals surface area contributed by atoms with Crippen LogP contribution in [0.1, 0.15) is 19.4 Å². The maximum absolute atomic E-state index is 5.10. The molecule has 0 aliphatic rings. The number of aromatic nitrogens is 2. The predicted molar refractivity (Wildman–Crippen MR) is 56.1 cm³/mol. The zero-order chi connectivity index (χ0) is 8.97. The Bertz CT molecular complexity index is 237. The van der Waals surface area contributed by atoms with E-state index in [0.717, 1.165) is 13.0 Å². The van der Waals surface area contributed by atoms with Crippen molar-refractivity contribution in [1.29, 1.82) is 0 Å². The van der Waals surface area contributed by atoms with E-state index in [1.54, 1.807) is 7.11 Å². The van der Waals surface area contributed by atoms with Gasteiger partial charge in [-0.1, -0.05) is 6.92 Å². The maximum atomic E-state index is 5.10. The molecule has 0 fully saturated rings. The van der Waals surface area contributed by atoms with Crippen molar-refractivity contribution >= 4 is 22.6 Å². The van der Waals surface area contributed by atoms with Crippen LogP contribution in [0.5, 0.6) is 0 Å². The lowest BCUT2D eigenvalue weighted by Gasteiger charge is -2.13. The van der Waals surface area contributed by atoms with Crippen molar-refractivity contribution < 1.29 is 4.74 Å². The molecule has 1 heterocycles. The van der Waals surface area contributed by atoms with Gasteiger partial charge in [-0.3, -0.25) is 4.68 Å². The second-order valence-corrected chi connectivity index (χ2v) is 3.90. The van der Waals surface area contributed by atoms with Crippen LogP contribution in [0, 0.1) is 3.57 Å². The first-order valence-electron chi connectivity index (χ1n) is 3.96. The highest BCUT2D eigenvalue weighted by Gasteiger charge is 2.08. The van der Waals surface area contributed by atoms with Crippen molar-refractivity contribution in [2.24, 2.45) is 0 Å². The molecule has 0 aromatic carbocycles. The lowest BCUT2D eigenvalue weighted by atomic mass is 10.2. The van der Waals surface area contributed by atoms with Gasteiger partial charge in [-0.15, -0.1) is 0 Å². The maximum Gasteiger partial charge on any atom is 0.0750 e. The van der Waals surface area contributed by atoms with Gasteiger partial charge in [0.05, 0.1) is 22.4 Å². The summed E-state index contributed by atoms with van der Waals surface area (Å²) in [5.74, 6) is 0. The molecule has 1 aromatic heterocycles. The Labute approximate surface area is 86.2 Å². The number of nitrogens with zero attached hydrogens (tertiary/aromatic N) is 2. The molecular weight excluding hydrogens is 267 g/mol. The van der Waals surface area contributed by atoms with E-state index in [0.29, 0.717) is 6.04 Å². The molecule has 0 bridgehead atoms. The van der Waals surface area contributed by atoms with E-state index in [1.807, 2.05) is 17.1 Å². The fraction of sp³-hybridized carbons (Fsp3) is 0.625. The van der Waals surface area contributed by atoms with Crippen LogP contribution in [0.15, 0.2) is 12.4 Å². The summed E-state index contributed by atoms with van der Waals surface area (Å²) in [5.41, 5.74) is 0. The molecule has 1 rings (SSSR count). The summed E-state index contributed by atoms with van der Waals surface area (Å²) < 4.78 is 8.23. The first-order valence-corrected chi connectivity index (χ1v) is 5.04. The molecule has 0 amide bonds. The van der Waals surface area contributed by atoms with Crippen molar-refractivity contribution in [3.63, 3.8) is 0 Å². The molecule has 68 valence electrons. The molecule has 0 saturated carbocycles. The highest BCUT2D eigenvalue weighted by atomic mass is 127. The number of halogens is 1. The van der Waals surface area contributed by atoms with Gasteiger partial charge in [0, 0.05) is 13.3 Å². The van der Waals surface area contributed by atoms with Crippen LogP contribution in [0.3, 0.4) is 0 Å². The third kappa shape index (κ3) is 2.45. The molecule has 0 N–H and O–H groups in total. The Morgan fingerprint density at radius 3 is 2.92 bits per heavy atom. The monoisotopic (exact) mass is 280 g/mol. The fourth-order valence-electron chi connectivity index (χ4n) is 1.09. The topological polar surface area (TPSA) is 27.1 Å². The van der Waals surface area contributed by atoms with Gasteiger partial charge in [-0.05, 0) is 29.0 Å². The van der Waals surface area contributed by atoms with Crippen LogP contribution >= 0.6 is 22.6 Å². The minimum Gasteiger partial charge on any atom is -0.382 e. The molecule has 12 heavy (non-hydrogen) atoms. The van der Waals surface area contributed by atoms with E-state index in [-0.39, 0.29) is 0 Å². The second kappa shape index (κ2) is 4.81. The quantitative estimate of drug-likeness (QED) is 0.790. The highest BCUT2D eigenvalue weighted by molar-refractivity contribution is 14.1. The average molecular weight is 280 g/mol. The van der Waals surface area contributed by atoms with E-state index in [9.17, 15) is 0 Å². The van der Waals surface area contributed by atoms with Gasteiger partial charge >= 0.3 is 0 Å². The lowest BCUT2D eigenvalue weighted by molar-refractivity contribution is 0.147. The van der Waals surface area contributed by atoms with E-state index in [1.165, 1.54) is 3.57 Å². The minimum atomic E-state index is 0.374. The van der Waals surface area contributed by atoms with Crippen molar-refractivity contribution in [3.8, 4) is 0 Å². The summed E-state index contributed by atoms with van der Waals surface area (Å²) in [7, 11) is 1.72. The Kier molecular flexibility index (Phi) is 4.00. The second-order valence-electron chi connectivity index (χ2n) is 2.66. The van der Waals surface area contributed by atoms with Gasteiger partial charge in [0.2, 0.25) is 0 Å². The summed E-state index contributed by atoms with van der Waals surface area (Å²) in [5, 5.41) is 4.23. The summed E-state index contributed by atoms with van der Waals surface area (Å²) in [4.78, 5) is 0. The van der Waals surface area contributed by atoms with E-state index < -0.39 is 0 Å². The van der Waals surface area contributed by atoms with Gasteiger partial charge in [-0.2, -0.15) is 5.10 Å². The molecule has 0 spiro atoms. The van der Waals surface area contributed by atoms with E-state index in [4.69, 9.17) is 4.74 Å². The van der Waals surface area contributed by atoms with Crippen LogP contribution in [-0.2, 0) is 4.74 Å². The average Bonchev–Trinajstić information content (AvgIpc) is 2.47. The van der Waals surface area contributed by atoms with E-state index in [2.05, 4.69) is 34.6 Å². The van der Waals surface area contributed by atoms with Crippen LogP contribution < -0.4 is 0 Å². The van der Waals surface area contributed by atoms with Crippen LogP contribution in [0.25, 0.3) is 0 Å². The normalized spacial score (nSPS) is 13.2. The molecule has 4 heteroatoms. The van der Waals surface area contributed by atoms with Crippen molar-refractivity contribution in [2.75, 3.05) is 13.7 Å². The molecule has 1 atom stereocenters. The SMILES string of the molecule is CCC(COC)n1cc(I)cn1. The summed E-state index contributed by atoms with van der Waals surface area (Å²) in [6, 6.07) is 0.374. The number of ether oxygens (including phenoxy) is 1. The molecular formula is C8H13IN2O. The van der Waals surface area contributed by atoms with Crippen LogP contribution in [0.4, 0.5) is 0 Å². The van der Waals surface area contributed by atoms with Gasteiger partial charge < -0.3 is 4.74 Å². The smallest absolute Gasteiger partial charge is 0.0750 e. The van der Waals surface area contributed by atoms with Gasteiger partial charge in [-0.25, -0.2) is 0 Å². The molecule has 0 aliphatic carbocycles. The molecule has 0 saturated heterocycles. The highest BCUT2D eigenvalue weighted by Crippen LogP contribution is 2.12. The summed E-state index contributed by atoms with van der Waals surface area (Å²) in [6.07, 6.45) is 4.94. The number of hydrogen-bond acceptors (Lipinski definition) is 2. The molecule has 1 unspecified atom stereocenters. The van der Waals surface area contributed by atoms with E-state index >= 15 is 0 Å². The Balaban J connectivity index is 2.66. The molecule has 0 radical (unpaired) electrons. The largest absolute Gasteiger partial charge is 0.382 e. The Hall–Kier alpha value is -0.100. The minimum absolute atomic E-state index is 0.374. The summed E-state index contributed by atoms with van der Waals surface area (Å²) >= 11 is 2.25.